The van der Waals surface area contributed by atoms with E-state index in [0.717, 1.165) is 19.3 Å². The fourth-order valence-corrected chi connectivity index (χ4v) is 1.60. The first-order chi connectivity index (χ1) is 7.16. The lowest BCUT2D eigenvalue weighted by Gasteiger charge is -2.23. The van der Waals surface area contributed by atoms with Crippen molar-refractivity contribution in [2.45, 2.75) is 25.7 Å². The number of Topliss-reactive ketones (excluding diaryl/α,β-unsaturated/α-hetero) is 2. The summed E-state index contributed by atoms with van der Waals surface area (Å²) >= 11 is 0. The minimum absolute atomic E-state index is 0.0244. The highest BCUT2D eigenvalue weighted by Gasteiger charge is 2.27. The number of hydrogen-bond acceptors (Lipinski definition) is 4. The minimum atomic E-state index is -0.222. The second-order valence-corrected chi connectivity index (χ2v) is 3.91. The number of nitrogens with zero attached hydrogens (tertiary/aromatic N) is 3. The van der Waals surface area contributed by atoms with Crippen molar-refractivity contribution in [3.05, 3.63) is 11.9 Å². The first-order valence-corrected chi connectivity index (χ1v) is 5.09. The molecule has 0 atom stereocenters. The summed E-state index contributed by atoms with van der Waals surface area (Å²) in [5, 5.41) is 7.67. The van der Waals surface area contributed by atoms with Crippen LogP contribution in [0.1, 0.15) is 36.2 Å². The van der Waals surface area contributed by atoms with Crippen molar-refractivity contribution in [1.29, 1.82) is 0 Å². The van der Waals surface area contributed by atoms with Crippen LogP contribution >= 0.6 is 0 Å². The maximum absolute atomic E-state index is 11.6. The Labute approximate surface area is 87.5 Å². The highest BCUT2D eigenvalue weighted by Crippen LogP contribution is 2.28. The lowest BCUT2D eigenvalue weighted by molar-refractivity contribution is -0.124. The van der Waals surface area contributed by atoms with Gasteiger partial charge in [0, 0.05) is 13.0 Å². The zero-order valence-electron chi connectivity index (χ0n) is 8.64. The molecule has 2 rings (SSSR count). The molecule has 80 valence electrons. The van der Waals surface area contributed by atoms with E-state index in [1.165, 1.54) is 11.0 Å². The molecule has 1 saturated carbocycles. The summed E-state index contributed by atoms with van der Waals surface area (Å²) < 4.78 is 0. The topological polar surface area (TPSA) is 64.8 Å². The van der Waals surface area contributed by atoms with Gasteiger partial charge < -0.3 is 0 Å². The molecule has 0 N–H and O–H groups in total. The van der Waals surface area contributed by atoms with Crippen LogP contribution in [0, 0.1) is 5.92 Å². The molecule has 0 unspecified atom stereocenters. The van der Waals surface area contributed by atoms with Gasteiger partial charge in [0.15, 0.2) is 5.78 Å². The van der Waals surface area contributed by atoms with Crippen LogP contribution in [0.3, 0.4) is 0 Å². The first kappa shape index (κ1) is 10.0. The van der Waals surface area contributed by atoms with Gasteiger partial charge in [-0.2, -0.15) is 15.0 Å². The van der Waals surface area contributed by atoms with Gasteiger partial charge in [0.2, 0.25) is 0 Å². The van der Waals surface area contributed by atoms with Gasteiger partial charge in [-0.05, 0) is 12.8 Å². The average molecular weight is 207 g/mol. The maximum Gasteiger partial charge on any atom is 0.192 e. The van der Waals surface area contributed by atoms with E-state index in [0.29, 0.717) is 0 Å². The number of carbonyl (C=O) groups is 2. The fraction of sp³-hybridized carbons (Fsp3) is 0.600. The molecule has 0 aliphatic heterocycles. The second-order valence-electron chi connectivity index (χ2n) is 3.91. The van der Waals surface area contributed by atoms with Gasteiger partial charge in [-0.1, -0.05) is 6.42 Å². The van der Waals surface area contributed by atoms with Crippen LogP contribution in [0.2, 0.25) is 0 Å². The maximum atomic E-state index is 11.6. The van der Waals surface area contributed by atoms with Gasteiger partial charge in [0.05, 0.1) is 12.6 Å². The molecule has 1 aliphatic rings. The number of ketones is 2. The Morgan fingerprint density at radius 3 is 2.73 bits per heavy atom. The van der Waals surface area contributed by atoms with E-state index in [-0.39, 0.29) is 29.6 Å². The van der Waals surface area contributed by atoms with Crippen molar-refractivity contribution < 1.29 is 9.59 Å². The molecular formula is C10H13N3O2. The molecular weight excluding hydrogens is 194 g/mol. The molecule has 1 aliphatic carbocycles. The van der Waals surface area contributed by atoms with Crippen LogP contribution in [0.4, 0.5) is 0 Å². The van der Waals surface area contributed by atoms with E-state index in [9.17, 15) is 9.59 Å². The van der Waals surface area contributed by atoms with Crippen molar-refractivity contribution >= 4 is 11.6 Å². The van der Waals surface area contributed by atoms with Crippen LogP contribution in [-0.2, 0) is 11.8 Å². The SMILES string of the molecule is Cn1ncc(C(=O)CC(=O)C2CCC2)n1. The van der Waals surface area contributed by atoms with Crippen LogP contribution in [0.15, 0.2) is 6.20 Å². The van der Waals surface area contributed by atoms with Crippen molar-refractivity contribution in [2.24, 2.45) is 13.0 Å². The van der Waals surface area contributed by atoms with E-state index < -0.39 is 0 Å². The molecule has 0 radical (unpaired) electrons. The molecule has 0 spiro atoms. The quantitative estimate of drug-likeness (QED) is 0.540. The molecule has 0 aromatic carbocycles. The van der Waals surface area contributed by atoms with Crippen molar-refractivity contribution in [2.75, 3.05) is 0 Å². The Bertz CT molecular complexity index is 393. The van der Waals surface area contributed by atoms with E-state index in [1.54, 1.807) is 7.05 Å². The summed E-state index contributed by atoms with van der Waals surface area (Å²) in [6, 6.07) is 0. The van der Waals surface area contributed by atoms with Crippen LogP contribution in [-0.4, -0.2) is 26.6 Å². The van der Waals surface area contributed by atoms with Gasteiger partial charge in [0.1, 0.15) is 11.5 Å². The summed E-state index contributed by atoms with van der Waals surface area (Å²) in [6.45, 7) is 0. The average Bonchev–Trinajstić information content (AvgIpc) is 2.48. The van der Waals surface area contributed by atoms with Gasteiger partial charge in [-0.3, -0.25) is 9.59 Å². The van der Waals surface area contributed by atoms with E-state index in [2.05, 4.69) is 10.2 Å². The van der Waals surface area contributed by atoms with Gasteiger partial charge in [-0.15, -0.1) is 0 Å². The molecule has 5 heteroatoms. The van der Waals surface area contributed by atoms with Crippen LogP contribution < -0.4 is 0 Å². The van der Waals surface area contributed by atoms with Crippen molar-refractivity contribution in [1.82, 2.24) is 15.0 Å². The van der Waals surface area contributed by atoms with Crippen LogP contribution in [0.25, 0.3) is 0 Å². The molecule has 5 nitrogen and oxygen atoms in total. The summed E-state index contributed by atoms with van der Waals surface area (Å²) in [5.41, 5.74) is 0.283. The highest BCUT2D eigenvalue weighted by molar-refractivity contribution is 6.07. The summed E-state index contributed by atoms with van der Waals surface area (Å²) in [5.74, 6) is -0.0532. The molecule has 0 bridgehead atoms. The van der Waals surface area contributed by atoms with Crippen molar-refractivity contribution in [3.63, 3.8) is 0 Å². The lowest BCUT2D eigenvalue weighted by Crippen LogP contribution is -2.24. The predicted octanol–water partition coefficient (Wildman–Crippen LogP) is 0.757. The van der Waals surface area contributed by atoms with Crippen molar-refractivity contribution in [3.8, 4) is 0 Å². The highest BCUT2D eigenvalue weighted by atomic mass is 16.1. The third-order valence-electron chi connectivity index (χ3n) is 2.78. The fourth-order valence-electron chi connectivity index (χ4n) is 1.60. The van der Waals surface area contributed by atoms with Gasteiger partial charge in [0.25, 0.3) is 0 Å². The Kier molecular flexibility index (Phi) is 2.62. The molecule has 15 heavy (non-hydrogen) atoms. The lowest BCUT2D eigenvalue weighted by atomic mass is 9.80. The minimum Gasteiger partial charge on any atom is -0.299 e. The summed E-state index contributed by atoms with van der Waals surface area (Å²) in [4.78, 5) is 24.4. The summed E-state index contributed by atoms with van der Waals surface area (Å²) in [6.07, 6.45) is 4.36. The third-order valence-corrected chi connectivity index (χ3v) is 2.78. The predicted molar refractivity (Wildman–Crippen MR) is 52.3 cm³/mol. The van der Waals surface area contributed by atoms with Crippen LogP contribution in [0.5, 0.6) is 0 Å². The van der Waals surface area contributed by atoms with E-state index >= 15 is 0 Å². The number of carbonyl (C=O) groups excluding carboxylic acids is 2. The number of rotatable bonds is 4. The Balaban J connectivity index is 1.94. The van der Waals surface area contributed by atoms with E-state index in [4.69, 9.17) is 0 Å². The summed E-state index contributed by atoms with van der Waals surface area (Å²) in [7, 11) is 1.64. The van der Waals surface area contributed by atoms with Gasteiger partial charge >= 0.3 is 0 Å². The second kappa shape index (κ2) is 3.92. The largest absolute Gasteiger partial charge is 0.299 e. The molecule has 1 aromatic rings. The number of aryl methyl sites for hydroxylation is 1. The normalized spacial score (nSPS) is 16.1. The number of aromatic nitrogens is 3. The molecule has 1 fully saturated rings. The zero-order chi connectivity index (χ0) is 10.8. The zero-order valence-corrected chi connectivity index (χ0v) is 8.64. The standard InChI is InChI=1S/C10H13N3O2/c1-13-11-6-8(12-13)10(15)5-9(14)7-3-2-4-7/h6-7H,2-5H2,1H3. The molecule has 0 amide bonds. The Hall–Kier alpha value is -1.52. The Morgan fingerprint density at radius 2 is 2.27 bits per heavy atom. The smallest absolute Gasteiger partial charge is 0.192 e. The monoisotopic (exact) mass is 207 g/mol. The molecule has 1 aromatic heterocycles. The molecule has 1 heterocycles. The van der Waals surface area contributed by atoms with E-state index in [1.807, 2.05) is 0 Å². The third kappa shape index (κ3) is 2.11. The number of hydrogen-bond donors (Lipinski definition) is 0. The Morgan fingerprint density at radius 1 is 1.53 bits per heavy atom. The molecule has 0 saturated heterocycles. The van der Waals surface area contributed by atoms with Gasteiger partial charge in [-0.25, -0.2) is 0 Å². The first-order valence-electron chi connectivity index (χ1n) is 5.09.